The number of halogens is 2. The second-order valence-corrected chi connectivity index (χ2v) is 3.58. The van der Waals surface area contributed by atoms with Crippen LogP contribution in [0.1, 0.15) is 12.5 Å². The van der Waals surface area contributed by atoms with Crippen LogP contribution in [-0.2, 0) is 11.3 Å². The van der Waals surface area contributed by atoms with Crippen LogP contribution in [0.2, 0.25) is 0 Å². The molecule has 100 valence electrons. The van der Waals surface area contributed by atoms with Gasteiger partial charge in [-0.3, -0.25) is 4.79 Å². The zero-order valence-electron chi connectivity index (χ0n) is 10.1. The van der Waals surface area contributed by atoms with Crippen molar-refractivity contribution in [1.29, 1.82) is 0 Å². The molecular weight excluding hydrogens is 242 g/mol. The molecule has 0 aliphatic rings. The van der Waals surface area contributed by atoms with Crippen molar-refractivity contribution in [2.75, 3.05) is 13.1 Å². The van der Waals surface area contributed by atoms with Gasteiger partial charge < -0.3 is 15.4 Å². The monoisotopic (exact) mass is 258 g/mol. The number of benzene rings is 1. The van der Waals surface area contributed by atoms with E-state index in [-0.39, 0.29) is 18.2 Å². The van der Waals surface area contributed by atoms with Crippen LogP contribution in [0, 0.1) is 0 Å². The molecule has 0 saturated carbocycles. The van der Waals surface area contributed by atoms with Gasteiger partial charge in [-0.05, 0) is 24.6 Å². The van der Waals surface area contributed by atoms with E-state index in [1.165, 1.54) is 12.1 Å². The minimum absolute atomic E-state index is 0.0739. The number of hydrogen-bond acceptors (Lipinski definition) is 3. The van der Waals surface area contributed by atoms with Gasteiger partial charge in [0.25, 0.3) is 0 Å². The van der Waals surface area contributed by atoms with E-state index < -0.39 is 6.61 Å². The second kappa shape index (κ2) is 7.60. The lowest BCUT2D eigenvalue weighted by Crippen LogP contribution is -2.33. The Labute approximate surface area is 104 Å². The van der Waals surface area contributed by atoms with Gasteiger partial charge in [-0.15, -0.1) is 0 Å². The Kier molecular flexibility index (Phi) is 6.07. The molecule has 4 nitrogen and oxygen atoms in total. The van der Waals surface area contributed by atoms with Crippen molar-refractivity contribution in [3.8, 4) is 5.75 Å². The minimum atomic E-state index is -2.81. The van der Waals surface area contributed by atoms with Crippen LogP contribution >= 0.6 is 0 Å². The average molecular weight is 258 g/mol. The molecule has 0 unspecified atom stereocenters. The van der Waals surface area contributed by atoms with Crippen LogP contribution in [0.25, 0.3) is 0 Å². The highest BCUT2D eigenvalue weighted by molar-refractivity contribution is 5.77. The standard InChI is InChI=1S/C12H16F2N2O2/c1-2-16-11(17)8-15-7-9-3-5-10(6-4-9)18-12(13)14/h3-6,12,15H,2,7-8H2,1H3,(H,16,17). The van der Waals surface area contributed by atoms with Crippen molar-refractivity contribution in [3.05, 3.63) is 29.8 Å². The second-order valence-electron chi connectivity index (χ2n) is 3.58. The number of ether oxygens (including phenoxy) is 1. The molecule has 0 bridgehead atoms. The molecule has 0 radical (unpaired) electrons. The van der Waals surface area contributed by atoms with E-state index >= 15 is 0 Å². The maximum Gasteiger partial charge on any atom is 0.387 e. The topological polar surface area (TPSA) is 50.4 Å². The van der Waals surface area contributed by atoms with Gasteiger partial charge in [-0.25, -0.2) is 0 Å². The molecule has 0 saturated heterocycles. The fourth-order valence-electron chi connectivity index (χ4n) is 1.37. The van der Waals surface area contributed by atoms with Crippen LogP contribution in [0.15, 0.2) is 24.3 Å². The van der Waals surface area contributed by atoms with E-state index in [1.54, 1.807) is 12.1 Å². The van der Waals surface area contributed by atoms with Gasteiger partial charge in [0.15, 0.2) is 0 Å². The largest absolute Gasteiger partial charge is 0.435 e. The molecule has 0 fully saturated rings. The van der Waals surface area contributed by atoms with Crippen molar-refractivity contribution in [2.24, 2.45) is 0 Å². The molecule has 0 atom stereocenters. The number of carbonyl (C=O) groups is 1. The quantitative estimate of drug-likeness (QED) is 0.779. The Morgan fingerprint density at radius 1 is 1.33 bits per heavy atom. The normalized spacial score (nSPS) is 10.4. The first kappa shape index (κ1) is 14.4. The summed E-state index contributed by atoms with van der Waals surface area (Å²) in [5, 5.41) is 5.60. The van der Waals surface area contributed by atoms with Crippen LogP contribution in [0.3, 0.4) is 0 Å². The first-order valence-electron chi connectivity index (χ1n) is 5.63. The number of carbonyl (C=O) groups excluding carboxylic acids is 1. The number of likely N-dealkylation sites (N-methyl/N-ethyl adjacent to an activating group) is 1. The highest BCUT2D eigenvalue weighted by atomic mass is 19.3. The predicted molar refractivity (Wildman–Crippen MR) is 63.5 cm³/mol. The SMILES string of the molecule is CCNC(=O)CNCc1ccc(OC(F)F)cc1. The van der Waals surface area contributed by atoms with Gasteiger partial charge in [-0.1, -0.05) is 12.1 Å². The smallest absolute Gasteiger partial charge is 0.387 e. The van der Waals surface area contributed by atoms with Crippen LogP contribution < -0.4 is 15.4 Å². The van der Waals surface area contributed by atoms with Gasteiger partial charge in [-0.2, -0.15) is 8.78 Å². The molecule has 1 aromatic rings. The molecule has 1 rings (SSSR count). The van der Waals surface area contributed by atoms with Crippen molar-refractivity contribution >= 4 is 5.91 Å². The third-order valence-electron chi connectivity index (χ3n) is 2.14. The van der Waals surface area contributed by atoms with Crippen LogP contribution in [0.4, 0.5) is 8.78 Å². The van der Waals surface area contributed by atoms with E-state index in [4.69, 9.17) is 0 Å². The number of amides is 1. The lowest BCUT2D eigenvalue weighted by Gasteiger charge is -2.07. The Balaban J connectivity index is 2.33. The summed E-state index contributed by atoms with van der Waals surface area (Å²) in [6.45, 7) is 0.349. The van der Waals surface area contributed by atoms with E-state index in [9.17, 15) is 13.6 Å². The van der Waals surface area contributed by atoms with E-state index in [1.807, 2.05) is 6.92 Å². The molecule has 0 heterocycles. The van der Waals surface area contributed by atoms with Crippen molar-refractivity contribution < 1.29 is 18.3 Å². The summed E-state index contributed by atoms with van der Waals surface area (Å²) in [5.41, 5.74) is 0.890. The molecule has 0 spiro atoms. The highest BCUT2D eigenvalue weighted by Gasteiger charge is 2.03. The summed E-state index contributed by atoms with van der Waals surface area (Å²) in [6.07, 6.45) is 0. The third kappa shape index (κ3) is 5.58. The van der Waals surface area contributed by atoms with Gasteiger partial charge in [0.2, 0.25) is 5.91 Å². The van der Waals surface area contributed by atoms with E-state index in [0.717, 1.165) is 5.56 Å². The van der Waals surface area contributed by atoms with Crippen molar-refractivity contribution in [2.45, 2.75) is 20.1 Å². The first-order valence-corrected chi connectivity index (χ1v) is 5.63. The Morgan fingerprint density at radius 3 is 2.56 bits per heavy atom. The number of hydrogen-bond donors (Lipinski definition) is 2. The van der Waals surface area contributed by atoms with Gasteiger partial charge >= 0.3 is 6.61 Å². The number of rotatable bonds is 7. The molecule has 0 aliphatic heterocycles. The van der Waals surface area contributed by atoms with E-state index in [0.29, 0.717) is 13.1 Å². The molecule has 6 heteroatoms. The summed E-state index contributed by atoms with van der Waals surface area (Å²) in [7, 11) is 0. The van der Waals surface area contributed by atoms with Crippen LogP contribution in [0.5, 0.6) is 5.75 Å². The number of alkyl halides is 2. The molecular formula is C12H16F2N2O2. The van der Waals surface area contributed by atoms with Gasteiger partial charge in [0.05, 0.1) is 6.54 Å². The number of nitrogens with one attached hydrogen (secondary N) is 2. The first-order chi connectivity index (χ1) is 8.61. The molecule has 0 aromatic heterocycles. The molecule has 18 heavy (non-hydrogen) atoms. The van der Waals surface area contributed by atoms with Gasteiger partial charge in [0.1, 0.15) is 5.75 Å². The molecule has 2 N–H and O–H groups in total. The molecule has 1 aromatic carbocycles. The Hall–Kier alpha value is -1.69. The van der Waals surface area contributed by atoms with Gasteiger partial charge in [0, 0.05) is 13.1 Å². The summed E-state index contributed by atoms with van der Waals surface area (Å²) in [5.74, 6) is 0.0487. The summed E-state index contributed by atoms with van der Waals surface area (Å²) in [6, 6.07) is 6.27. The fourth-order valence-corrected chi connectivity index (χ4v) is 1.37. The highest BCUT2D eigenvalue weighted by Crippen LogP contribution is 2.14. The lowest BCUT2D eigenvalue weighted by atomic mass is 10.2. The summed E-state index contributed by atoms with van der Waals surface area (Å²) in [4.78, 5) is 11.1. The average Bonchev–Trinajstić information content (AvgIpc) is 2.31. The van der Waals surface area contributed by atoms with Crippen LogP contribution in [-0.4, -0.2) is 25.6 Å². The van der Waals surface area contributed by atoms with Crippen molar-refractivity contribution in [1.82, 2.24) is 10.6 Å². The molecule has 0 aliphatic carbocycles. The lowest BCUT2D eigenvalue weighted by molar-refractivity contribution is -0.120. The molecule has 1 amide bonds. The summed E-state index contributed by atoms with van der Waals surface area (Å²) < 4.78 is 28.0. The Bertz CT molecular complexity index is 369. The fraction of sp³-hybridized carbons (Fsp3) is 0.417. The predicted octanol–water partition coefficient (Wildman–Crippen LogP) is 1.51. The Morgan fingerprint density at radius 2 is 2.00 bits per heavy atom. The third-order valence-corrected chi connectivity index (χ3v) is 2.14. The zero-order valence-corrected chi connectivity index (χ0v) is 10.1. The maximum atomic E-state index is 11.9. The van der Waals surface area contributed by atoms with E-state index in [2.05, 4.69) is 15.4 Å². The minimum Gasteiger partial charge on any atom is -0.435 e. The maximum absolute atomic E-state index is 11.9. The summed E-state index contributed by atoms with van der Waals surface area (Å²) >= 11 is 0. The zero-order chi connectivity index (χ0) is 13.4. The van der Waals surface area contributed by atoms with Crippen molar-refractivity contribution in [3.63, 3.8) is 0 Å².